The third-order valence-electron chi connectivity index (χ3n) is 4.69. The Kier molecular flexibility index (Phi) is 5.13. The fraction of sp³-hybridized carbons (Fsp3) is 0.529. The first-order valence-electron chi connectivity index (χ1n) is 8.24. The maximum Gasteiger partial charge on any atom is 0.271 e. The number of likely N-dealkylation sites (N-methyl/N-ethyl adjacent to an activating group) is 1. The Hall–Kier alpha value is -1.96. The number of non-ortho nitro benzene ring substituents is 1. The predicted octanol–water partition coefficient (Wildman–Crippen LogP) is 1.94. The van der Waals surface area contributed by atoms with Crippen molar-refractivity contribution in [2.24, 2.45) is 0 Å². The summed E-state index contributed by atoms with van der Waals surface area (Å²) >= 11 is 0. The third-order valence-corrected chi connectivity index (χ3v) is 4.69. The Bertz CT molecular complexity index is 720. The molecule has 1 aliphatic rings. The van der Waals surface area contributed by atoms with Gasteiger partial charge in [0.2, 0.25) is 0 Å². The second-order valence-corrected chi connectivity index (χ2v) is 6.38. The van der Waals surface area contributed by atoms with Gasteiger partial charge in [0.1, 0.15) is 0 Å². The van der Waals surface area contributed by atoms with Gasteiger partial charge in [-0.15, -0.1) is 0 Å². The number of aromatic nitrogens is 1. The van der Waals surface area contributed by atoms with Crippen LogP contribution in [0.25, 0.3) is 10.9 Å². The largest absolute Gasteiger partial charge is 0.383 e. The maximum atomic E-state index is 11.1. The van der Waals surface area contributed by atoms with Crippen molar-refractivity contribution in [3.63, 3.8) is 0 Å². The molecule has 1 fully saturated rings. The van der Waals surface area contributed by atoms with Crippen molar-refractivity contribution in [1.82, 2.24) is 14.4 Å². The fourth-order valence-corrected chi connectivity index (χ4v) is 3.22. The van der Waals surface area contributed by atoms with E-state index >= 15 is 0 Å². The van der Waals surface area contributed by atoms with Crippen LogP contribution in [0, 0.1) is 10.1 Å². The predicted molar refractivity (Wildman–Crippen MR) is 93.2 cm³/mol. The third kappa shape index (κ3) is 3.58. The minimum absolute atomic E-state index is 0.130. The van der Waals surface area contributed by atoms with Crippen molar-refractivity contribution in [2.45, 2.75) is 13.1 Å². The van der Waals surface area contributed by atoms with E-state index in [1.165, 1.54) is 5.56 Å². The molecule has 130 valence electrons. The van der Waals surface area contributed by atoms with E-state index in [9.17, 15) is 10.1 Å². The Morgan fingerprint density at radius 2 is 2.00 bits per heavy atom. The number of benzene rings is 1. The van der Waals surface area contributed by atoms with Gasteiger partial charge >= 0.3 is 0 Å². The lowest BCUT2D eigenvalue weighted by Crippen LogP contribution is -2.43. The highest BCUT2D eigenvalue weighted by Gasteiger charge is 2.18. The highest BCUT2D eigenvalue weighted by Crippen LogP contribution is 2.27. The number of rotatable bonds is 6. The van der Waals surface area contributed by atoms with Gasteiger partial charge in [-0.05, 0) is 18.7 Å². The molecule has 1 aromatic heterocycles. The molecular weight excluding hydrogens is 308 g/mol. The molecule has 0 saturated carbocycles. The van der Waals surface area contributed by atoms with E-state index in [0.29, 0.717) is 13.2 Å². The van der Waals surface area contributed by atoms with Crippen LogP contribution in [0.15, 0.2) is 24.4 Å². The Balaban J connectivity index is 1.90. The molecule has 0 aliphatic carbocycles. The summed E-state index contributed by atoms with van der Waals surface area (Å²) in [5.41, 5.74) is 2.26. The summed E-state index contributed by atoms with van der Waals surface area (Å²) in [7, 11) is 3.81. The number of nitrogens with zero attached hydrogens (tertiary/aromatic N) is 4. The number of hydrogen-bond donors (Lipinski definition) is 0. The number of piperazine rings is 1. The molecular formula is C17H24N4O3. The van der Waals surface area contributed by atoms with Gasteiger partial charge in [0, 0.05) is 70.1 Å². The van der Waals surface area contributed by atoms with Crippen molar-refractivity contribution >= 4 is 16.6 Å². The highest BCUT2D eigenvalue weighted by molar-refractivity contribution is 5.86. The molecule has 2 heterocycles. The zero-order chi connectivity index (χ0) is 17.1. The molecule has 2 aromatic rings. The van der Waals surface area contributed by atoms with Gasteiger partial charge in [0.25, 0.3) is 5.69 Å². The number of methoxy groups -OCH3 is 1. The Morgan fingerprint density at radius 3 is 2.67 bits per heavy atom. The first-order chi connectivity index (χ1) is 11.6. The van der Waals surface area contributed by atoms with Gasteiger partial charge in [-0.2, -0.15) is 0 Å². The van der Waals surface area contributed by atoms with Crippen LogP contribution >= 0.6 is 0 Å². The zero-order valence-corrected chi connectivity index (χ0v) is 14.3. The average Bonchev–Trinajstić information content (AvgIpc) is 2.92. The van der Waals surface area contributed by atoms with Gasteiger partial charge in [-0.25, -0.2) is 0 Å². The van der Waals surface area contributed by atoms with Crippen molar-refractivity contribution in [2.75, 3.05) is 46.9 Å². The first kappa shape index (κ1) is 16.9. The van der Waals surface area contributed by atoms with Crippen LogP contribution in [0.4, 0.5) is 5.69 Å². The summed E-state index contributed by atoms with van der Waals surface area (Å²) in [5, 5.41) is 12.2. The molecule has 3 rings (SSSR count). The van der Waals surface area contributed by atoms with Crippen molar-refractivity contribution in [1.29, 1.82) is 0 Å². The Morgan fingerprint density at radius 1 is 1.25 bits per heavy atom. The number of nitro benzene ring substituents is 1. The molecule has 0 N–H and O–H groups in total. The van der Waals surface area contributed by atoms with Crippen LogP contribution in [0.3, 0.4) is 0 Å². The molecule has 24 heavy (non-hydrogen) atoms. The van der Waals surface area contributed by atoms with Crippen molar-refractivity contribution in [3.05, 3.63) is 40.1 Å². The topological polar surface area (TPSA) is 63.8 Å². The van der Waals surface area contributed by atoms with Gasteiger partial charge in [0.05, 0.1) is 17.0 Å². The first-order valence-corrected chi connectivity index (χ1v) is 8.24. The lowest BCUT2D eigenvalue weighted by atomic mass is 10.1. The normalized spacial score (nSPS) is 16.8. The van der Waals surface area contributed by atoms with Gasteiger partial charge in [-0.1, -0.05) is 0 Å². The van der Waals surface area contributed by atoms with Crippen LogP contribution < -0.4 is 0 Å². The zero-order valence-electron chi connectivity index (χ0n) is 14.3. The maximum absolute atomic E-state index is 11.1. The van der Waals surface area contributed by atoms with Crippen LogP contribution in [-0.4, -0.2) is 66.2 Å². The second-order valence-electron chi connectivity index (χ2n) is 6.38. The van der Waals surface area contributed by atoms with E-state index in [1.54, 1.807) is 19.2 Å². The minimum Gasteiger partial charge on any atom is -0.383 e. The van der Waals surface area contributed by atoms with Gasteiger partial charge < -0.3 is 14.2 Å². The standard InChI is InChI=1S/C17H24N4O3/c1-18-5-7-19(8-6-18)12-14-13-20(9-10-24-2)17-11-15(21(22)23)3-4-16(14)17/h3-4,11,13H,5-10,12H2,1-2H3. The summed E-state index contributed by atoms with van der Waals surface area (Å²) in [4.78, 5) is 15.5. The smallest absolute Gasteiger partial charge is 0.271 e. The van der Waals surface area contributed by atoms with Crippen LogP contribution in [0.2, 0.25) is 0 Å². The lowest BCUT2D eigenvalue weighted by molar-refractivity contribution is -0.384. The SMILES string of the molecule is COCCn1cc(CN2CCN(C)CC2)c2ccc([N+](=O)[O-])cc21. The van der Waals surface area contributed by atoms with E-state index in [1.807, 2.05) is 6.07 Å². The second kappa shape index (κ2) is 7.29. The highest BCUT2D eigenvalue weighted by atomic mass is 16.6. The average molecular weight is 332 g/mol. The molecule has 0 bridgehead atoms. The van der Waals surface area contributed by atoms with E-state index in [0.717, 1.165) is 43.6 Å². The van der Waals surface area contributed by atoms with E-state index < -0.39 is 0 Å². The molecule has 1 aromatic carbocycles. The van der Waals surface area contributed by atoms with Crippen LogP contribution in [-0.2, 0) is 17.8 Å². The number of fused-ring (bicyclic) bond motifs is 1. The molecule has 0 spiro atoms. The Labute approximate surface area is 141 Å². The molecule has 0 radical (unpaired) electrons. The van der Waals surface area contributed by atoms with Crippen LogP contribution in [0.1, 0.15) is 5.56 Å². The molecule has 7 heteroatoms. The van der Waals surface area contributed by atoms with Gasteiger partial charge in [-0.3, -0.25) is 15.0 Å². The quantitative estimate of drug-likeness (QED) is 0.597. The molecule has 7 nitrogen and oxygen atoms in total. The molecule has 1 saturated heterocycles. The summed E-state index contributed by atoms with van der Waals surface area (Å²) < 4.78 is 7.24. The van der Waals surface area contributed by atoms with E-state index in [4.69, 9.17) is 4.74 Å². The summed E-state index contributed by atoms with van der Waals surface area (Å²) in [6, 6.07) is 5.14. The lowest BCUT2D eigenvalue weighted by Gasteiger charge is -2.32. The molecule has 1 aliphatic heterocycles. The van der Waals surface area contributed by atoms with Crippen molar-refractivity contribution < 1.29 is 9.66 Å². The van der Waals surface area contributed by atoms with E-state index in [-0.39, 0.29) is 10.6 Å². The molecule has 0 atom stereocenters. The number of nitro groups is 1. The minimum atomic E-state index is -0.340. The monoisotopic (exact) mass is 332 g/mol. The van der Waals surface area contributed by atoms with Crippen LogP contribution in [0.5, 0.6) is 0 Å². The van der Waals surface area contributed by atoms with E-state index in [2.05, 4.69) is 27.6 Å². The van der Waals surface area contributed by atoms with Gasteiger partial charge in [0.15, 0.2) is 0 Å². The molecule has 0 unspecified atom stereocenters. The summed E-state index contributed by atoms with van der Waals surface area (Å²) in [6.45, 7) is 6.41. The fourth-order valence-electron chi connectivity index (χ4n) is 3.22. The van der Waals surface area contributed by atoms with Crippen molar-refractivity contribution in [3.8, 4) is 0 Å². The molecule has 0 amide bonds. The summed E-state index contributed by atoms with van der Waals surface area (Å²) in [6.07, 6.45) is 2.12. The summed E-state index contributed by atoms with van der Waals surface area (Å²) in [5.74, 6) is 0. The number of hydrogen-bond acceptors (Lipinski definition) is 5. The number of ether oxygens (including phenoxy) is 1.